The third kappa shape index (κ3) is 3.90. The van der Waals surface area contributed by atoms with Crippen molar-refractivity contribution in [3.8, 4) is 5.75 Å². The highest BCUT2D eigenvalue weighted by Crippen LogP contribution is 2.17. The predicted octanol–water partition coefficient (Wildman–Crippen LogP) is 1.59. The zero-order valence-corrected chi connectivity index (χ0v) is 9.44. The number of rotatable bonds is 7. The Morgan fingerprint density at radius 2 is 1.94 bits per heavy atom. The van der Waals surface area contributed by atoms with Gasteiger partial charge < -0.3 is 15.2 Å². The third-order valence-electron chi connectivity index (χ3n) is 2.15. The number of nitrogens with two attached hydrogens (primary N) is 1. The standard InChI is InChI=1S/C12H17NO3/c1-15-8-4-5-9-16-11-7-3-2-6-10(11)12(13)14/h2-3,6-7H,4-5,8-9H2,1H3,(H2,13,14). The molecule has 4 nitrogen and oxygen atoms in total. The number of primary amides is 1. The van der Waals surface area contributed by atoms with Gasteiger partial charge in [-0.05, 0) is 25.0 Å². The molecule has 0 aliphatic carbocycles. The molecule has 4 heteroatoms. The number of carbonyl (C=O) groups excluding carboxylic acids is 1. The average Bonchev–Trinajstić information content (AvgIpc) is 2.29. The Morgan fingerprint density at radius 3 is 2.62 bits per heavy atom. The van der Waals surface area contributed by atoms with Gasteiger partial charge in [-0.3, -0.25) is 4.79 Å². The van der Waals surface area contributed by atoms with Crippen molar-refractivity contribution < 1.29 is 14.3 Å². The summed E-state index contributed by atoms with van der Waals surface area (Å²) in [5, 5.41) is 0. The van der Waals surface area contributed by atoms with Crippen molar-refractivity contribution in [2.45, 2.75) is 12.8 Å². The molecule has 0 saturated carbocycles. The van der Waals surface area contributed by atoms with E-state index >= 15 is 0 Å². The number of benzene rings is 1. The Labute approximate surface area is 95.3 Å². The van der Waals surface area contributed by atoms with E-state index in [2.05, 4.69) is 0 Å². The van der Waals surface area contributed by atoms with E-state index in [-0.39, 0.29) is 0 Å². The van der Waals surface area contributed by atoms with E-state index in [1.54, 1.807) is 25.3 Å². The zero-order valence-electron chi connectivity index (χ0n) is 9.44. The normalized spacial score (nSPS) is 10.1. The molecular formula is C12H17NO3. The van der Waals surface area contributed by atoms with Crippen LogP contribution in [0.5, 0.6) is 5.75 Å². The molecular weight excluding hydrogens is 206 g/mol. The maximum Gasteiger partial charge on any atom is 0.252 e. The fourth-order valence-corrected chi connectivity index (χ4v) is 1.33. The van der Waals surface area contributed by atoms with Gasteiger partial charge in [0, 0.05) is 13.7 Å². The van der Waals surface area contributed by atoms with Gasteiger partial charge in [0.05, 0.1) is 12.2 Å². The molecule has 0 aliphatic rings. The topological polar surface area (TPSA) is 61.6 Å². The predicted molar refractivity (Wildman–Crippen MR) is 61.6 cm³/mol. The summed E-state index contributed by atoms with van der Waals surface area (Å²) in [4.78, 5) is 11.1. The fourth-order valence-electron chi connectivity index (χ4n) is 1.33. The molecule has 1 aromatic rings. The molecule has 0 spiro atoms. The number of amides is 1. The summed E-state index contributed by atoms with van der Waals surface area (Å²) >= 11 is 0. The zero-order chi connectivity index (χ0) is 11.8. The lowest BCUT2D eigenvalue weighted by Crippen LogP contribution is -2.13. The van der Waals surface area contributed by atoms with Crippen molar-refractivity contribution >= 4 is 5.91 Å². The van der Waals surface area contributed by atoms with E-state index in [0.29, 0.717) is 17.9 Å². The highest BCUT2D eigenvalue weighted by atomic mass is 16.5. The van der Waals surface area contributed by atoms with E-state index in [0.717, 1.165) is 19.4 Å². The maximum absolute atomic E-state index is 11.1. The van der Waals surface area contributed by atoms with Gasteiger partial charge in [0.15, 0.2) is 0 Å². The first kappa shape index (κ1) is 12.5. The van der Waals surface area contributed by atoms with E-state index in [1.807, 2.05) is 6.07 Å². The van der Waals surface area contributed by atoms with Gasteiger partial charge in [0.25, 0.3) is 5.91 Å². The van der Waals surface area contributed by atoms with Gasteiger partial charge in [-0.1, -0.05) is 12.1 Å². The lowest BCUT2D eigenvalue weighted by molar-refractivity contribution is 0.0996. The first-order valence-corrected chi connectivity index (χ1v) is 5.26. The maximum atomic E-state index is 11.1. The smallest absolute Gasteiger partial charge is 0.252 e. The number of hydrogen-bond acceptors (Lipinski definition) is 3. The van der Waals surface area contributed by atoms with Gasteiger partial charge in [0.1, 0.15) is 5.75 Å². The Kier molecular flexibility index (Phi) is 5.36. The van der Waals surface area contributed by atoms with E-state index in [4.69, 9.17) is 15.2 Å². The van der Waals surface area contributed by atoms with Crippen molar-refractivity contribution in [2.24, 2.45) is 5.73 Å². The minimum absolute atomic E-state index is 0.425. The lowest BCUT2D eigenvalue weighted by atomic mass is 10.2. The third-order valence-corrected chi connectivity index (χ3v) is 2.15. The van der Waals surface area contributed by atoms with Crippen LogP contribution in [0.1, 0.15) is 23.2 Å². The largest absolute Gasteiger partial charge is 0.493 e. The van der Waals surface area contributed by atoms with Crippen molar-refractivity contribution in [1.82, 2.24) is 0 Å². The molecule has 0 unspecified atom stereocenters. The van der Waals surface area contributed by atoms with Crippen LogP contribution in [-0.2, 0) is 4.74 Å². The molecule has 0 atom stereocenters. The molecule has 16 heavy (non-hydrogen) atoms. The van der Waals surface area contributed by atoms with Crippen LogP contribution < -0.4 is 10.5 Å². The number of para-hydroxylation sites is 1. The lowest BCUT2D eigenvalue weighted by Gasteiger charge is -2.08. The van der Waals surface area contributed by atoms with Crippen LogP contribution >= 0.6 is 0 Å². The van der Waals surface area contributed by atoms with Crippen molar-refractivity contribution in [2.75, 3.05) is 20.3 Å². The number of hydrogen-bond donors (Lipinski definition) is 1. The molecule has 0 radical (unpaired) electrons. The molecule has 0 aromatic heterocycles. The first-order valence-electron chi connectivity index (χ1n) is 5.26. The van der Waals surface area contributed by atoms with Crippen LogP contribution in [0.25, 0.3) is 0 Å². The summed E-state index contributed by atoms with van der Waals surface area (Å²) in [6.07, 6.45) is 1.83. The highest BCUT2D eigenvalue weighted by Gasteiger charge is 2.07. The molecule has 0 bridgehead atoms. The Morgan fingerprint density at radius 1 is 1.25 bits per heavy atom. The SMILES string of the molecule is COCCCCOc1ccccc1C(N)=O. The molecule has 1 aromatic carbocycles. The van der Waals surface area contributed by atoms with Crippen molar-refractivity contribution in [3.05, 3.63) is 29.8 Å². The van der Waals surface area contributed by atoms with Gasteiger partial charge in [0.2, 0.25) is 0 Å². The Balaban J connectivity index is 2.44. The van der Waals surface area contributed by atoms with E-state index in [1.165, 1.54) is 0 Å². The second-order valence-corrected chi connectivity index (χ2v) is 3.41. The van der Waals surface area contributed by atoms with Gasteiger partial charge in [-0.15, -0.1) is 0 Å². The van der Waals surface area contributed by atoms with Gasteiger partial charge in [-0.2, -0.15) is 0 Å². The molecule has 2 N–H and O–H groups in total. The highest BCUT2D eigenvalue weighted by molar-refractivity contribution is 5.95. The fraction of sp³-hybridized carbons (Fsp3) is 0.417. The Hall–Kier alpha value is -1.55. The summed E-state index contributed by atoms with van der Waals surface area (Å²) in [6.45, 7) is 1.29. The molecule has 88 valence electrons. The second kappa shape index (κ2) is 6.85. The molecule has 0 aliphatic heterocycles. The minimum Gasteiger partial charge on any atom is -0.493 e. The summed E-state index contributed by atoms with van der Waals surface area (Å²) in [5.74, 6) is 0.0832. The van der Waals surface area contributed by atoms with Crippen LogP contribution in [0, 0.1) is 0 Å². The van der Waals surface area contributed by atoms with Crippen LogP contribution in [0.2, 0.25) is 0 Å². The number of carbonyl (C=O) groups is 1. The van der Waals surface area contributed by atoms with E-state index < -0.39 is 5.91 Å². The quantitative estimate of drug-likeness (QED) is 0.714. The summed E-state index contributed by atoms with van der Waals surface area (Å²) < 4.78 is 10.4. The molecule has 0 saturated heterocycles. The van der Waals surface area contributed by atoms with Crippen LogP contribution in [0.4, 0.5) is 0 Å². The molecule has 0 fully saturated rings. The monoisotopic (exact) mass is 223 g/mol. The van der Waals surface area contributed by atoms with Gasteiger partial charge >= 0.3 is 0 Å². The second-order valence-electron chi connectivity index (χ2n) is 3.41. The van der Waals surface area contributed by atoms with Crippen LogP contribution in [0.3, 0.4) is 0 Å². The summed E-state index contributed by atoms with van der Waals surface area (Å²) in [6, 6.07) is 6.98. The molecule has 1 rings (SSSR count). The van der Waals surface area contributed by atoms with Crippen LogP contribution in [0.15, 0.2) is 24.3 Å². The number of unbranched alkanes of at least 4 members (excludes halogenated alkanes) is 1. The van der Waals surface area contributed by atoms with Crippen molar-refractivity contribution in [3.63, 3.8) is 0 Å². The van der Waals surface area contributed by atoms with E-state index in [9.17, 15) is 4.79 Å². The Bertz CT molecular complexity index is 339. The number of ether oxygens (including phenoxy) is 2. The summed E-state index contributed by atoms with van der Waals surface area (Å²) in [5.41, 5.74) is 5.65. The number of methoxy groups -OCH3 is 1. The first-order chi connectivity index (χ1) is 7.75. The summed E-state index contributed by atoms with van der Waals surface area (Å²) in [7, 11) is 1.67. The molecule has 0 heterocycles. The van der Waals surface area contributed by atoms with Crippen LogP contribution in [-0.4, -0.2) is 26.2 Å². The molecule has 1 amide bonds. The van der Waals surface area contributed by atoms with Crippen molar-refractivity contribution in [1.29, 1.82) is 0 Å². The average molecular weight is 223 g/mol. The van der Waals surface area contributed by atoms with Gasteiger partial charge in [-0.25, -0.2) is 0 Å². The minimum atomic E-state index is -0.465.